The summed E-state index contributed by atoms with van der Waals surface area (Å²) in [5, 5.41) is 18.3. The number of aromatic amines is 1. The molecule has 40 heavy (non-hydrogen) atoms. The van der Waals surface area contributed by atoms with Crippen molar-refractivity contribution in [1.29, 1.82) is 0 Å². The van der Waals surface area contributed by atoms with Gasteiger partial charge in [0.05, 0.1) is 44.9 Å². The molecular formula is C31H31Cl2N3O4. The van der Waals surface area contributed by atoms with E-state index in [1.165, 1.54) is 0 Å². The Kier molecular flexibility index (Phi) is 7.82. The lowest BCUT2D eigenvalue weighted by atomic mass is 9.78. The van der Waals surface area contributed by atoms with Gasteiger partial charge in [-0.25, -0.2) is 0 Å². The fourth-order valence-electron chi connectivity index (χ4n) is 5.53. The maximum absolute atomic E-state index is 14.0. The predicted octanol–water partition coefficient (Wildman–Crippen LogP) is 6.24. The monoisotopic (exact) mass is 579 g/mol. The van der Waals surface area contributed by atoms with E-state index in [0.29, 0.717) is 33.3 Å². The van der Waals surface area contributed by atoms with Crippen LogP contribution in [-0.2, 0) is 12.0 Å². The minimum absolute atomic E-state index is 0.164. The largest absolute Gasteiger partial charge is 0.490 e. The van der Waals surface area contributed by atoms with Gasteiger partial charge in [0.15, 0.2) is 0 Å². The summed E-state index contributed by atoms with van der Waals surface area (Å²) in [6, 6.07) is 16.1. The number of ether oxygens (including phenoxy) is 1. The van der Waals surface area contributed by atoms with E-state index in [1.807, 2.05) is 38.1 Å². The zero-order valence-corrected chi connectivity index (χ0v) is 24.0. The molecule has 1 aliphatic rings. The lowest BCUT2D eigenvalue weighted by Crippen LogP contribution is -2.50. The number of nitrogens with one attached hydrogen (secondary N) is 3. The molecule has 0 fully saturated rings. The van der Waals surface area contributed by atoms with Crippen LogP contribution in [0.1, 0.15) is 58.7 Å². The number of aryl methyl sites for hydroxylation is 1. The number of rotatable bonds is 7. The molecule has 1 unspecified atom stereocenters. The average Bonchev–Trinajstić information content (AvgIpc) is 3.34. The van der Waals surface area contributed by atoms with Gasteiger partial charge in [-0.1, -0.05) is 47.5 Å². The molecule has 4 N–H and O–H groups in total. The van der Waals surface area contributed by atoms with Crippen LogP contribution >= 0.6 is 23.2 Å². The first-order valence-corrected chi connectivity index (χ1v) is 14.0. The fourth-order valence-corrected chi connectivity index (χ4v) is 6.01. The van der Waals surface area contributed by atoms with Crippen LogP contribution in [-0.4, -0.2) is 41.7 Å². The molecule has 1 atom stereocenters. The Balaban J connectivity index is 1.57. The van der Waals surface area contributed by atoms with Crippen LogP contribution < -0.4 is 15.4 Å². The first-order chi connectivity index (χ1) is 19.2. The molecule has 5 rings (SSSR count). The van der Waals surface area contributed by atoms with E-state index in [2.05, 4.69) is 15.6 Å². The number of para-hydroxylation sites is 1. The van der Waals surface area contributed by atoms with Gasteiger partial charge in [-0.05, 0) is 74.6 Å². The minimum atomic E-state index is -1.00. The molecule has 9 heteroatoms. The van der Waals surface area contributed by atoms with Crippen molar-refractivity contribution < 1.29 is 19.4 Å². The number of aliphatic hydroxyl groups excluding tert-OH is 1. The molecule has 208 valence electrons. The van der Waals surface area contributed by atoms with Crippen LogP contribution in [0.3, 0.4) is 0 Å². The van der Waals surface area contributed by atoms with E-state index in [4.69, 9.17) is 27.9 Å². The predicted molar refractivity (Wildman–Crippen MR) is 159 cm³/mol. The number of benzene rings is 3. The van der Waals surface area contributed by atoms with E-state index < -0.39 is 5.54 Å². The number of hydrogen-bond donors (Lipinski definition) is 4. The normalized spacial score (nSPS) is 16.6. The van der Waals surface area contributed by atoms with Gasteiger partial charge >= 0.3 is 0 Å². The maximum atomic E-state index is 14.0. The molecule has 1 heterocycles. The van der Waals surface area contributed by atoms with E-state index >= 15 is 0 Å². The zero-order valence-electron chi connectivity index (χ0n) is 22.5. The van der Waals surface area contributed by atoms with Crippen molar-refractivity contribution in [3.05, 3.63) is 87.0 Å². The topological polar surface area (TPSA) is 103 Å². The third-order valence-electron chi connectivity index (χ3n) is 7.35. The van der Waals surface area contributed by atoms with Gasteiger partial charge in [-0.2, -0.15) is 0 Å². The Bertz CT molecular complexity index is 1610. The molecule has 4 aromatic rings. The van der Waals surface area contributed by atoms with Gasteiger partial charge in [0.25, 0.3) is 11.8 Å². The van der Waals surface area contributed by atoms with E-state index in [9.17, 15) is 14.7 Å². The van der Waals surface area contributed by atoms with Gasteiger partial charge in [-0.3, -0.25) is 9.59 Å². The Morgan fingerprint density at radius 1 is 1.02 bits per heavy atom. The SMILES string of the molecule is CNC(=O)c1ccc(-c2ccc(OC(C)C)c(C(=O)NC3(CO)CCCc4[nH]c5c(Cl)cccc5c43)c2)cc1Cl. The van der Waals surface area contributed by atoms with Crippen LogP contribution in [0, 0.1) is 0 Å². The van der Waals surface area contributed by atoms with Crippen LogP contribution in [0.25, 0.3) is 22.0 Å². The van der Waals surface area contributed by atoms with Gasteiger partial charge in [0.1, 0.15) is 5.75 Å². The second kappa shape index (κ2) is 11.2. The van der Waals surface area contributed by atoms with E-state index in [1.54, 1.807) is 37.4 Å². The summed E-state index contributed by atoms with van der Waals surface area (Å²) in [6.07, 6.45) is 1.98. The highest BCUT2D eigenvalue weighted by Gasteiger charge is 2.41. The van der Waals surface area contributed by atoms with Crippen molar-refractivity contribution in [3.8, 4) is 16.9 Å². The van der Waals surface area contributed by atoms with Gasteiger partial charge in [0, 0.05) is 23.7 Å². The van der Waals surface area contributed by atoms with Crippen molar-refractivity contribution >= 4 is 45.9 Å². The maximum Gasteiger partial charge on any atom is 0.255 e. The standard InChI is InChI=1S/C31H31Cl2N3O4/c1-17(2)40-26-12-10-18(19-9-11-20(24(33)15-19)29(38)34-3)14-22(26)30(39)36-31(16-37)13-5-8-25-27(31)21-6-4-7-23(32)28(21)35-25/h4,6-7,9-12,14-15,17,35,37H,5,8,13,16H2,1-3H3,(H,34,38)(H,36,39). The third-order valence-corrected chi connectivity index (χ3v) is 7.98. The van der Waals surface area contributed by atoms with Crippen molar-refractivity contribution in [2.45, 2.75) is 44.8 Å². The summed E-state index contributed by atoms with van der Waals surface area (Å²) in [5.74, 6) is -0.226. The number of halogens is 2. The average molecular weight is 581 g/mol. The Labute approximate surface area is 242 Å². The Morgan fingerprint density at radius 3 is 2.48 bits per heavy atom. The first kappa shape index (κ1) is 28.0. The zero-order chi connectivity index (χ0) is 28.6. The molecule has 1 aliphatic carbocycles. The van der Waals surface area contributed by atoms with Gasteiger partial charge in [-0.15, -0.1) is 0 Å². The summed E-state index contributed by atoms with van der Waals surface area (Å²) in [4.78, 5) is 29.5. The van der Waals surface area contributed by atoms with Crippen molar-refractivity contribution in [1.82, 2.24) is 15.6 Å². The lowest BCUT2D eigenvalue weighted by molar-refractivity contribution is 0.0795. The summed E-state index contributed by atoms with van der Waals surface area (Å²) in [5.41, 5.74) is 3.79. The molecule has 7 nitrogen and oxygen atoms in total. The van der Waals surface area contributed by atoms with Gasteiger partial charge in [0.2, 0.25) is 0 Å². The van der Waals surface area contributed by atoms with Gasteiger partial charge < -0.3 is 25.5 Å². The van der Waals surface area contributed by atoms with E-state index in [-0.39, 0.29) is 24.5 Å². The molecular weight excluding hydrogens is 549 g/mol. The molecule has 0 bridgehead atoms. The lowest BCUT2D eigenvalue weighted by Gasteiger charge is -2.37. The highest BCUT2D eigenvalue weighted by atomic mass is 35.5. The highest BCUT2D eigenvalue weighted by molar-refractivity contribution is 6.35. The number of H-pyrrole nitrogens is 1. The quantitative estimate of drug-likeness (QED) is 0.208. The van der Waals surface area contributed by atoms with E-state index in [0.717, 1.165) is 46.1 Å². The summed E-state index contributed by atoms with van der Waals surface area (Å²) < 4.78 is 6.02. The molecule has 0 radical (unpaired) electrons. The number of hydrogen-bond acceptors (Lipinski definition) is 4. The highest BCUT2D eigenvalue weighted by Crippen LogP contribution is 2.42. The number of carbonyl (C=O) groups excluding carboxylic acids is 2. The smallest absolute Gasteiger partial charge is 0.255 e. The summed E-state index contributed by atoms with van der Waals surface area (Å²) >= 11 is 12.9. The molecule has 0 saturated carbocycles. The van der Waals surface area contributed by atoms with Crippen LogP contribution in [0.5, 0.6) is 5.75 Å². The third kappa shape index (κ3) is 5.05. The number of aliphatic hydroxyl groups is 1. The van der Waals surface area contributed by atoms with Crippen LogP contribution in [0.2, 0.25) is 10.0 Å². The second-order valence-electron chi connectivity index (χ2n) is 10.3. The first-order valence-electron chi connectivity index (χ1n) is 13.2. The molecule has 1 aromatic heterocycles. The molecule has 0 aliphatic heterocycles. The Hall–Kier alpha value is -3.52. The number of aromatic nitrogens is 1. The Morgan fingerprint density at radius 2 is 1.77 bits per heavy atom. The van der Waals surface area contributed by atoms with Crippen molar-refractivity contribution in [2.24, 2.45) is 0 Å². The molecule has 0 spiro atoms. The number of amides is 2. The summed E-state index contributed by atoms with van der Waals surface area (Å²) in [6.45, 7) is 3.51. The second-order valence-corrected chi connectivity index (χ2v) is 11.2. The number of fused-ring (bicyclic) bond motifs is 3. The number of carbonyl (C=O) groups is 2. The van der Waals surface area contributed by atoms with Crippen molar-refractivity contribution in [2.75, 3.05) is 13.7 Å². The van der Waals surface area contributed by atoms with Crippen molar-refractivity contribution in [3.63, 3.8) is 0 Å². The molecule has 2 amide bonds. The summed E-state index contributed by atoms with van der Waals surface area (Å²) in [7, 11) is 1.55. The molecule has 3 aromatic carbocycles. The van der Waals surface area contributed by atoms with Crippen LogP contribution in [0.15, 0.2) is 54.6 Å². The minimum Gasteiger partial charge on any atom is -0.490 e. The van der Waals surface area contributed by atoms with Crippen LogP contribution in [0.4, 0.5) is 0 Å². The fraction of sp³-hybridized carbons (Fsp3) is 0.290. The molecule has 0 saturated heterocycles.